The summed E-state index contributed by atoms with van der Waals surface area (Å²) in [7, 11) is 2.10. The lowest BCUT2D eigenvalue weighted by Crippen LogP contribution is -2.38. The zero-order valence-corrected chi connectivity index (χ0v) is 10.3. The quantitative estimate of drug-likeness (QED) is 0.805. The molecule has 0 unspecified atom stereocenters. The van der Waals surface area contributed by atoms with Gasteiger partial charge < -0.3 is 4.90 Å². The minimum Gasteiger partial charge on any atom is -0.341 e. The Morgan fingerprint density at radius 3 is 2.67 bits per heavy atom. The second-order valence-corrected chi connectivity index (χ2v) is 4.87. The maximum Gasteiger partial charge on any atom is 0.225 e. The molecule has 1 fully saturated rings. The average molecular weight is 226 g/mol. The highest BCUT2D eigenvalue weighted by atomic mass is 32.1. The molecule has 1 aromatic rings. The molecule has 5 heteroatoms. The maximum absolute atomic E-state index is 5.23. The van der Waals surface area contributed by atoms with Gasteiger partial charge in [0.2, 0.25) is 5.95 Å². The summed E-state index contributed by atoms with van der Waals surface area (Å²) in [5, 5.41) is 7.19. The molecule has 15 heavy (non-hydrogen) atoms. The Hall–Kier alpha value is -0.840. The first-order chi connectivity index (χ1) is 7.11. The molecule has 84 valence electrons. The van der Waals surface area contributed by atoms with Crippen LogP contribution < -0.4 is 4.90 Å². The number of anilines is 1. The predicted molar refractivity (Wildman–Crippen MR) is 63.8 cm³/mol. The van der Waals surface area contributed by atoms with E-state index in [1.807, 2.05) is 0 Å². The molecule has 0 bridgehead atoms. The number of nitrogens with zero attached hydrogens (tertiary/aromatic N) is 3. The summed E-state index contributed by atoms with van der Waals surface area (Å²) in [6, 6.07) is 1.00. The van der Waals surface area contributed by atoms with Crippen LogP contribution in [0.3, 0.4) is 0 Å². The van der Waals surface area contributed by atoms with Crippen LogP contribution in [0, 0.1) is 4.77 Å². The van der Waals surface area contributed by atoms with Crippen molar-refractivity contribution in [3.8, 4) is 0 Å². The lowest BCUT2D eigenvalue weighted by Gasteiger charge is -2.35. The van der Waals surface area contributed by atoms with E-state index in [4.69, 9.17) is 12.2 Å². The van der Waals surface area contributed by atoms with Crippen LogP contribution in [0.15, 0.2) is 0 Å². The molecule has 0 aromatic carbocycles. The van der Waals surface area contributed by atoms with Gasteiger partial charge in [0.05, 0.1) is 0 Å². The highest BCUT2D eigenvalue weighted by Crippen LogP contribution is 2.28. The van der Waals surface area contributed by atoms with Gasteiger partial charge in [0, 0.05) is 19.1 Å². The number of hydrogen-bond acceptors (Lipinski definition) is 3. The summed E-state index contributed by atoms with van der Waals surface area (Å²) in [6.45, 7) is 4.26. The maximum atomic E-state index is 5.23. The summed E-state index contributed by atoms with van der Waals surface area (Å²) in [4.78, 5) is 2.25. The molecule has 0 atom stereocenters. The minimum absolute atomic E-state index is 0.355. The van der Waals surface area contributed by atoms with Crippen LogP contribution >= 0.6 is 12.2 Å². The van der Waals surface area contributed by atoms with Gasteiger partial charge in [-0.3, -0.25) is 4.57 Å². The smallest absolute Gasteiger partial charge is 0.225 e. The third-order valence-corrected chi connectivity index (χ3v) is 3.43. The first-order valence-corrected chi connectivity index (χ1v) is 5.92. The van der Waals surface area contributed by atoms with E-state index < -0.39 is 0 Å². The number of aromatic amines is 1. The van der Waals surface area contributed by atoms with Crippen LogP contribution in [-0.2, 0) is 0 Å². The Kier molecular flexibility index (Phi) is 2.82. The molecule has 0 aliphatic heterocycles. The first kappa shape index (κ1) is 10.7. The van der Waals surface area contributed by atoms with E-state index in [0.717, 1.165) is 5.95 Å². The minimum atomic E-state index is 0.355. The lowest BCUT2D eigenvalue weighted by atomic mass is 9.92. The van der Waals surface area contributed by atoms with Gasteiger partial charge in [0.25, 0.3) is 0 Å². The topological polar surface area (TPSA) is 36.9 Å². The van der Waals surface area contributed by atoms with E-state index in [0.29, 0.717) is 16.9 Å². The fourth-order valence-corrected chi connectivity index (χ4v) is 2.29. The molecule has 0 radical (unpaired) electrons. The van der Waals surface area contributed by atoms with Crippen molar-refractivity contribution >= 4 is 18.2 Å². The summed E-state index contributed by atoms with van der Waals surface area (Å²) >= 11 is 5.23. The fraction of sp³-hybridized carbons (Fsp3) is 0.800. The molecule has 1 aliphatic rings. The Balaban J connectivity index is 2.30. The zero-order chi connectivity index (χ0) is 11.0. The van der Waals surface area contributed by atoms with Gasteiger partial charge in [-0.15, -0.1) is 5.10 Å². The Labute approximate surface area is 95.3 Å². The largest absolute Gasteiger partial charge is 0.341 e. The molecule has 4 nitrogen and oxygen atoms in total. The monoisotopic (exact) mass is 226 g/mol. The molecule has 0 saturated heterocycles. The van der Waals surface area contributed by atoms with Crippen LogP contribution in [0.25, 0.3) is 0 Å². The molecule has 0 spiro atoms. The summed E-state index contributed by atoms with van der Waals surface area (Å²) in [5.74, 6) is 0.972. The van der Waals surface area contributed by atoms with Gasteiger partial charge in [0.15, 0.2) is 4.77 Å². The molecule has 1 saturated carbocycles. The molecule has 0 amide bonds. The lowest BCUT2D eigenvalue weighted by molar-refractivity contribution is 0.391. The predicted octanol–water partition coefficient (Wildman–Crippen LogP) is 2.51. The highest BCUT2D eigenvalue weighted by molar-refractivity contribution is 7.71. The Morgan fingerprint density at radius 1 is 1.53 bits per heavy atom. The van der Waals surface area contributed by atoms with E-state index in [1.165, 1.54) is 19.3 Å². The van der Waals surface area contributed by atoms with Crippen LogP contribution in [0.1, 0.15) is 39.2 Å². The molecular formula is C10H18N4S. The van der Waals surface area contributed by atoms with E-state index in [2.05, 4.69) is 40.6 Å². The normalized spacial score (nSPS) is 16.8. The van der Waals surface area contributed by atoms with Crippen LogP contribution in [0.5, 0.6) is 0 Å². The highest BCUT2D eigenvalue weighted by Gasteiger charge is 2.25. The van der Waals surface area contributed by atoms with Crippen molar-refractivity contribution in [2.45, 2.75) is 45.2 Å². The van der Waals surface area contributed by atoms with Gasteiger partial charge in [-0.05, 0) is 45.3 Å². The van der Waals surface area contributed by atoms with Crippen LogP contribution in [0.2, 0.25) is 0 Å². The van der Waals surface area contributed by atoms with Gasteiger partial charge in [-0.2, -0.15) is 0 Å². The van der Waals surface area contributed by atoms with E-state index in [9.17, 15) is 0 Å². The van der Waals surface area contributed by atoms with Crippen molar-refractivity contribution < 1.29 is 0 Å². The number of nitrogens with one attached hydrogen (secondary N) is 1. The van der Waals surface area contributed by atoms with E-state index in [-0.39, 0.29) is 0 Å². The third kappa shape index (κ3) is 1.80. The standard InChI is InChI=1S/C10H18N4S/c1-7(2)14-9(11-12-10(14)15)13(3)8-5-4-6-8/h7-8H,4-6H2,1-3H3,(H,12,15). The van der Waals surface area contributed by atoms with Crippen molar-refractivity contribution in [3.05, 3.63) is 4.77 Å². The summed E-state index contributed by atoms with van der Waals surface area (Å²) in [5.41, 5.74) is 0. The molecule has 1 aliphatic carbocycles. The van der Waals surface area contributed by atoms with E-state index >= 15 is 0 Å². The van der Waals surface area contributed by atoms with Crippen molar-refractivity contribution in [2.75, 3.05) is 11.9 Å². The molecule has 1 aromatic heterocycles. The van der Waals surface area contributed by atoms with E-state index in [1.54, 1.807) is 0 Å². The van der Waals surface area contributed by atoms with Gasteiger partial charge in [0.1, 0.15) is 0 Å². The number of hydrogen-bond donors (Lipinski definition) is 1. The Morgan fingerprint density at radius 2 is 2.20 bits per heavy atom. The van der Waals surface area contributed by atoms with Crippen LogP contribution in [0.4, 0.5) is 5.95 Å². The van der Waals surface area contributed by atoms with Gasteiger partial charge in [-0.1, -0.05) is 0 Å². The molecule has 1 heterocycles. The molecular weight excluding hydrogens is 208 g/mol. The van der Waals surface area contributed by atoms with Crippen molar-refractivity contribution in [1.82, 2.24) is 14.8 Å². The number of rotatable bonds is 3. The van der Waals surface area contributed by atoms with Crippen molar-refractivity contribution in [3.63, 3.8) is 0 Å². The average Bonchev–Trinajstić information content (AvgIpc) is 2.43. The van der Waals surface area contributed by atoms with Crippen molar-refractivity contribution in [1.29, 1.82) is 0 Å². The molecule has 1 N–H and O–H groups in total. The SMILES string of the molecule is CC(C)n1c(N(C)C2CCC2)n[nH]c1=S. The zero-order valence-electron chi connectivity index (χ0n) is 9.53. The van der Waals surface area contributed by atoms with Gasteiger partial charge >= 0.3 is 0 Å². The molecule has 2 rings (SSSR count). The number of H-pyrrole nitrogens is 1. The second kappa shape index (κ2) is 3.96. The number of aromatic nitrogens is 3. The third-order valence-electron chi connectivity index (χ3n) is 3.14. The fourth-order valence-electron chi connectivity index (χ4n) is 1.95. The summed E-state index contributed by atoms with van der Waals surface area (Å²) in [6.07, 6.45) is 3.88. The second-order valence-electron chi connectivity index (χ2n) is 4.49. The summed E-state index contributed by atoms with van der Waals surface area (Å²) < 4.78 is 2.79. The first-order valence-electron chi connectivity index (χ1n) is 5.51. The van der Waals surface area contributed by atoms with Crippen molar-refractivity contribution in [2.24, 2.45) is 0 Å². The van der Waals surface area contributed by atoms with Crippen LogP contribution in [-0.4, -0.2) is 27.9 Å². The van der Waals surface area contributed by atoms with Gasteiger partial charge in [-0.25, -0.2) is 5.10 Å². The Bertz CT molecular complexity index is 388.